The number of aliphatic hydroxyl groups is 1. The Bertz CT molecular complexity index is 733. The van der Waals surface area contributed by atoms with E-state index in [0.717, 1.165) is 15.0 Å². The lowest BCUT2D eigenvalue weighted by Crippen LogP contribution is -2.27. The number of anilines is 1. The summed E-state index contributed by atoms with van der Waals surface area (Å²) in [4.78, 5) is 12.7. The van der Waals surface area contributed by atoms with Crippen LogP contribution in [0.4, 0.5) is 5.69 Å². The van der Waals surface area contributed by atoms with Crippen molar-refractivity contribution in [2.45, 2.75) is 6.10 Å². The highest BCUT2D eigenvalue weighted by atomic mass is 32.1. The Morgan fingerprint density at radius 3 is 2.71 bits per heavy atom. The molecule has 0 aliphatic heterocycles. The van der Waals surface area contributed by atoms with Crippen LogP contribution in [0.5, 0.6) is 0 Å². The quantitative estimate of drug-likeness (QED) is 0.647. The van der Waals surface area contributed by atoms with Gasteiger partial charge in [-0.25, -0.2) is 0 Å². The monoisotopic (exact) mass is 318 g/mol. The molecule has 3 aromatic rings. The summed E-state index contributed by atoms with van der Waals surface area (Å²) in [6, 6.07) is 10.9. The molecule has 2 heterocycles. The lowest BCUT2D eigenvalue weighted by Gasteiger charge is -2.12. The third-order valence-electron chi connectivity index (χ3n) is 3.14. The highest BCUT2D eigenvalue weighted by molar-refractivity contribution is 7.27. The number of carbonyl (C=O) groups excluding carboxylic acids is 1. The van der Waals surface area contributed by atoms with Gasteiger partial charge in [0, 0.05) is 21.6 Å². The fourth-order valence-corrected chi connectivity index (χ4v) is 4.02. The van der Waals surface area contributed by atoms with Gasteiger partial charge in [0.05, 0.1) is 11.0 Å². The van der Waals surface area contributed by atoms with Crippen molar-refractivity contribution < 1.29 is 9.90 Å². The zero-order valence-electron chi connectivity index (χ0n) is 11.1. The molecule has 0 saturated heterocycles. The van der Waals surface area contributed by atoms with E-state index in [4.69, 9.17) is 5.73 Å². The number of thiophene rings is 2. The number of amides is 1. The van der Waals surface area contributed by atoms with Gasteiger partial charge in [-0.05, 0) is 35.2 Å². The van der Waals surface area contributed by atoms with Crippen LogP contribution in [0.15, 0.2) is 41.8 Å². The van der Waals surface area contributed by atoms with Gasteiger partial charge in [0.2, 0.25) is 0 Å². The molecule has 0 aliphatic carbocycles. The maximum Gasteiger partial charge on any atom is 0.261 e. The Hall–Kier alpha value is -1.89. The van der Waals surface area contributed by atoms with Gasteiger partial charge >= 0.3 is 0 Å². The van der Waals surface area contributed by atoms with Crippen LogP contribution in [0, 0.1) is 0 Å². The number of hydrogen-bond donors (Lipinski definition) is 3. The van der Waals surface area contributed by atoms with Gasteiger partial charge in [-0.15, -0.1) is 22.7 Å². The Labute approximate surface area is 129 Å². The molecule has 0 fully saturated rings. The second-order valence-electron chi connectivity index (χ2n) is 4.65. The molecule has 0 bridgehead atoms. The summed E-state index contributed by atoms with van der Waals surface area (Å²) in [6.07, 6.45) is -0.740. The molecule has 1 amide bonds. The highest BCUT2D eigenvalue weighted by Gasteiger charge is 2.13. The van der Waals surface area contributed by atoms with E-state index in [2.05, 4.69) is 5.32 Å². The molecule has 108 valence electrons. The van der Waals surface area contributed by atoms with E-state index in [0.29, 0.717) is 10.6 Å². The third-order valence-corrected chi connectivity index (χ3v) is 5.23. The number of nitrogens with two attached hydrogens (primary N) is 1. The summed E-state index contributed by atoms with van der Waals surface area (Å²) >= 11 is 3.08. The van der Waals surface area contributed by atoms with Gasteiger partial charge in [0.25, 0.3) is 5.91 Å². The molecule has 0 spiro atoms. The van der Waals surface area contributed by atoms with Crippen LogP contribution >= 0.6 is 22.7 Å². The van der Waals surface area contributed by atoms with E-state index in [-0.39, 0.29) is 12.5 Å². The van der Waals surface area contributed by atoms with E-state index in [1.165, 1.54) is 11.3 Å². The molecule has 21 heavy (non-hydrogen) atoms. The number of fused-ring (bicyclic) bond motifs is 1. The van der Waals surface area contributed by atoms with Gasteiger partial charge in [0.1, 0.15) is 0 Å². The van der Waals surface area contributed by atoms with Crippen LogP contribution in [0.25, 0.3) is 9.40 Å². The Kier molecular flexibility index (Phi) is 3.92. The molecule has 0 radical (unpaired) electrons. The minimum absolute atomic E-state index is 0.155. The van der Waals surface area contributed by atoms with Crippen molar-refractivity contribution in [2.24, 2.45) is 0 Å². The van der Waals surface area contributed by atoms with Crippen molar-refractivity contribution in [1.29, 1.82) is 0 Å². The lowest BCUT2D eigenvalue weighted by molar-refractivity contribution is 0.0920. The Morgan fingerprint density at radius 1 is 1.24 bits per heavy atom. The molecular formula is C15H14N2O2S2. The maximum atomic E-state index is 12.1. The topological polar surface area (TPSA) is 75.3 Å². The molecule has 6 heteroatoms. The first kappa shape index (κ1) is 14.1. The SMILES string of the molecule is Nc1ccc(C(O)CNC(=O)c2cc3sccc3s2)cc1. The number of nitrogens with one attached hydrogen (secondary N) is 1. The van der Waals surface area contributed by atoms with Gasteiger partial charge in [-0.1, -0.05) is 12.1 Å². The fraction of sp³-hybridized carbons (Fsp3) is 0.133. The van der Waals surface area contributed by atoms with Crippen molar-refractivity contribution in [3.63, 3.8) is 0 Å². The van der Waals surface area contributed by atoms with Crippen molar-refractivity contribution in [3.8, 4) is 0 Å². The number of benzene rings is 1. The van der Waals surface area contributed by atoms with Gasteiger partial charge in [-0.3, -0.25) is 4.79 Å². The number of nitrogen functional groups attached to an aromatic ring is 1. The average Bonchev–Trinajstić information content (AvgIpc) is 3.06. The highest BCUT2D eigenvalue weighted by Crippen LogP contribution is 2.29. The molecule has 0 aliphatic rings. The predicted octanol–water partition coefficient (Wildman–Crippen LogP) is 3.01. The smallest absolute Gasteiger partial charge is 0.261 e. The summed E-state index contributed by atoms with van der Waals surface area (Å²) in [5.74, 6) is -0.155. The molecule has 1 aromatic carbocycles. The summed E-state index contributed by atoms with van der Waals surface area (Å²) in [7, 11) is 0. The Balaban J connectivity index is 1.62. The third kappa shape index (κ3) is 3.07. The summed E-state index contributed by atoms with van der Waals surface area (Å²) in [5.41, 5.74) is 6.98. The van der Waals surface area contributed by atoms with Crippen molar-refractivity contribution in [1.82, 2.24) is 5.32 Å². The first-order valence-electron chi connectivity index (χ1n) is 6.42. The number of hydrogen-bond acceptors (Lipinski definition) is 5. The molecule has 2 aromatic heterocycles. The first-order chi connectivity index (χ1) is 10.1. The largest absolute Gasteiger partial charge is 0.399 e. The van der Waals surface area contributed by atoms with Gasteiger partial charge in [-0.2, -0.15) is 0 Å². The van der Waals surface area contributed by atoms with Crippen molar-refractivity contribution in [2.75, 3.05) is 12.3 Å². The van der Waals surface area contributed by atoms with Crippen LogP contribution in [0.1, 0.15) is 21.3 Å². The Morgan fingerprint density at radius 2 is 2.00 bits per heavy atom. The van der Waals surface area contributed by atoms with Gasteiger partial charge in [0.15, 0.2) is 0 Å². The number of rotatable bonds is 4. The molecule has 4 nitrogen and oxygen atoms in total. The second kappa shape index (κ2) is 5.85. The molecule has 3 rings (SSSR count). The second-order valence-corrected chi connectivity index (χ2v) is 6.68. The predicted molar refractivity (Wildman–Crippen MR) is 87.8 cm³/mol. The van der Waals surface area contributed by atoms with E-state index in [9.17, 15) is 9.90 Å². The van der Waals surface area contributed by atoms with Crippen LogP contribution in [0.3, 0.4) is 0 Å². The number of carbonyl (C=O) groups is 1. The fourth-order valence-electron chi connectivity index (χ4n) is 1.99. The summed E-state index contributed by atoms with van der Waals surface area (Å²) in [5, 5.41) is 14.8. The summed E-state index contributed by atoms with van der Waals surface area (Å²) < 4.78 is 2.23. The van der Waals surface area contributed by atoms with Crippen LogP contribution in [-0.4, -0.2) is 17.6 Å². The van der Waals surface area contributed by atoms with Crippen LogP contribution in [-0.2, 0) is 0 Å². The molecule has 4 N–H and O–H groups in total. The summed E-state index contributed by atoms with van der Waals surface area (Å²) in [6.45, 7) is 0.175. The standard InChI is InChI=1S/C15H14N2O2S2/c16-10-3-1-9(2-4-10)11(18)8-17-15(19)14-7-13-12(21-14)5-6-20-13/h1-7,11,18H,8,16H2,(H,17,19). The van der Waals surface area contributed by atoms with Crippen LogP contribution < -0.4 is 11.1 Å². The molecule has 1 unspecified atom stereocenters. The van der Waals surface area contributed by atoms with Gasteiger partial charge < -0.3 is 16.2 Å². The average molecular weight is 318 g/mol. The minimum atomic E-state index is -0.740. The van der Waals surface area contributed by atoms with E-state index in [1.54, 1.807) is 35.6 Å². The van der Waals surface area contributed by atoms with E-state index < -0.39 is 6.10 Å². The molecule has 0 saturated carbocycles. The number of aliphatic hydroxyl groups excluding tert-OH is 1. The normalized spacial score (nSPS) is 12.4. The van der Waals surface area contributed by atoms with E-state index in [1.807, 2.05) is 17.5 Å². The van der Waals surface area contributed by atoms with E-state index >= 15 is 0 Å². The zero-order chi connectivity index (χ0) is 14.8. The zero-order valence-corrected chi connectivity index (χ0v) is 12.7. The maximum absolute atomic E-state index is 12.1. The van der Waals surface area contributed by atoms with Crippen molar-refractivity contribution in [3.05, 3.63) is 52.2 Å². The first-order valence-corrected chi connectivity index (χ1v) is 8.12. The molecular weight excluding hydrogens is 304 g/mol. The van der Waals surface area contributed by atoms with Crippen LogP contribution in [0.2, 0.25) is 0 Å². The van der Waals surface area contributed by atoms with Crippen molar-refractivity contribution >= 4 is 43.7 Å². The molecule has 1 atom stereocenters. The minimum Gasteiger partial charge on any atom is -0.399 e. The lowest BCUT2D eigenvalue weighted by atomic mass is 10.1.